The maximum Gasteiger partial charge on any atom is 0.106 e. The van der Waals surface area contributed by atoms with Crippen LogP contribution in [0.15, 0.2) is 16.7 Å². The zero-order valence-electron chi connectivity index (χ0n) is 6.26. The van der Waals surface area contributed by atoms with Gasteiger partial charge in [0, 0.05) is 6.42 Å². The minimum Gasteiger partial charge on any atom is -0.469 e. The summed E-state index contributed by atoms with van der Waals surface area (Å²) in [5.74, 6) is 1.07. The van der Waals surface area contributed by atoms with Gasteiger partial charge in [0.05, 0.1) is 6.26 Å². The normalized spacial score (nSPS) is 10.2. The summed E-state index contributed by atoms with van der Waals surface area (Å²) in [7, 11) is 0. The van der Waals surface area contributed by atoms with Gasteiger partial charge in [-0.05, 0) is 31.5 Å². The van der Waals surface area contributed by atoms with Gasteiger partial charge in [-0.3, -0.25) is 0 Å². The summed E-state index contributed by atoms with van der Waals surface area (Å²) in [6.45, 7) is 2.79. The predicted molar refractivity (Wildman–Crippen MR) is 40.8 cm³/mol. The van der Waals surface area contributed by atoms with Crippen LogP contribution >= 0.6 is 0 Å². The average molecular weight is 139 g/mol. The highest BCUT2D eigenvalue weighted by Crippen LogP contribution is 2.09. The van der Waals surface area contributed by atoms with Crippen molar-refractivity contribution in [3.8, 4) is 0 Å². The van der Waals surface area contributed by atoms with E-state index in [0.717, 1.165) is 25.1 Å². The van der Waals surface area contributed by atoms with Crippen molar-refractivity contribution in [1.82, 2.24) is 0 Å². The zero-order valence-corrected chi connectivity index (χ0v) is 6.26. The second-order valence-corrected chi connectivity index (χ2v) is 2.42. The summed E-state index contributed by atoms with van der Waals surface area (Å²) in [5.41, 5.74) is 6.58. The van der Waals surface area contributed by atoms with E-state index in [1.807, 2.05) is 6.07 Å². The molecule has 0 radical (unpaired) electrons. The van der Waals surface area contributed by atoms with Gasteiger partial charge in [0.1, 0.15) is 5.76 Å². The van der Waals surface area contributed by atoms with Crippen molar-refractivity contribution in [2.24, 2.45) is 5.73 Å². The predicted octanol–water partition coefficient (Wildman–Crippen LogP) is 1.48. The third-order valence-corrected chi connectivity index (χ3v) is 1.58. The molecule has 2 nitrogen and oxygen atoms in total. The number of hydrogen-bond acceptors (Lipinski definition) is 2. The number of aryl methyl sites for hydroxylation is 2. The van der Waals surface area contributed by atoms with Gasteiger partial charge in [-0.1, -0.05) is 0 Å². The molecule has 10 heavy (non-hydrogen) atoms. The van der Waals surface area contributed by atoms with Crippen LogP contribution in [-0.2, 0) is 6.42 Å². The summed E-state index contributed by atoms with van der Waals surface area (Å²) in [6.07, 6.45) is 3.70. The molecule has 0 saturated heterocycles. The Balaban J connectivity index is 2.49. The Morgan fingerprint density at radius 1 is 1.60 bits per heavy atom. The topological polar surface area (TPSA) is 39.2 Å². The van der Waals surface area contributed by atoms with Crippen LogP contribution in [0.5, 0.6) is 0 Å². The Hall–Kier alpha value is -0.760. The third-order valence-electron chi connectivity index (χ3n) is 1.58. The van der Waals surface area contributed by atoms with Crippen LogP contribution in [0.1, 0.15) is 17.7 Å². The Labute approximate surface area is 61.0 Å². The van der Waals surface area contributed by atoms with Crippen LogP contribution < -0.4 is 5.73 Å². The molecule has 0 aromatic carbocycles. The van der Waals surface area contributed by atoms with E-state index in [0.29, 0.717) is 0 Å². The van der Waals surface area contributed by atoms with E-state index in [1.165, 1.54) is 5.56 Å². The minimum atomic E-state index is 0.736. The lowest BCUT2D eigenvalue weighted by Gasteiger charge is -1.94. The van der Waals surface area contributed by atoms with Crippen molar-refractivity contribution < 1.29 is 4.42 Å². The van der Waals surface area contributed by atoms with E-state index in [1.54, 1.807) is 6.26 Å². The lowest BCUT2D eigenvalue weighted by atomic mass is 10.2. The Bertz CT molecular complexity index is 193. The first-order valence-electron chi connectivity index (χ1n) is 3.57. The molecule has 0 amide bonds. The summed E-state index contributed by atoms with van der Waals surface area (Å²) >= 11 is 0. The van der Waals surface area contributed by atoms with Gasteiger partial charge in [0.25, 0.3) is 0 Å². The molecule has 0 aliphatic carbocycles. The fraction of sp³-hybridized carbons (Fsp3) is 0.500. The maximum absolute atomic E-state index is 5.35. The van der Waals surface area contributed by atoms with Crippen LogP contribution in [0.2, 0.25) is 0 Å². The lowest BCUT2D eigenvalue weighted by molar-refractivity contribution is 0.500. The molecule has 0 atom stereocenters. The van der Waals surface area contributed by atoms with Crippen molar-refractivity contribution in [2.45, 2.75) is 19.8 Å². The van der Waals surface area contributed by atoms with E-state index in [2.05, 4.69) is 6.92 Å². The highest BCUT2D eigenvalue weighted by atomic mass is 16.3. The van der Waals surface area contributed by atoms with Crippen LogP contribution in [0.25, 0.3) is 0 Å². The number of furan rings is 1. The first-order chi connectivity index (χ1) is 4.84. The summed E-state index contributed by atoms with van der Waals surface area (Å²) in [4.78, 5) is 0. The van der Waals surface area contributed by atoms with Gasteiger partial charge in [0.2, 0.25) is 0 Å². The molecule has 1 aromatic rings. The Morgan fingerprint density at radius 3 is 2.90 bits per heavy atom. The largest absolute Gasteiger partial charge is 0.469 e. The van der Waals surface area contributed by atoms with Crippen LogP contribution in [-0.4, -0.2) is 6.54 Å². The van der Waals surface area contributed by atoms with Crippen LogP contribution in [0.4, 0.5) is 0 Å². The molecule has 0 fully saturated rings. The standard InChI is InChI=1S/C8H13NO/c1-7-4-6-10-8(7)3-2-5-9/h4,6H,2-3,5,9H2,1H3. The summed E-state index contributed by atoms with van der Waals surface area (Å²) in [6, 6.07) is 1.98. The zero-order chi connectivity index (χ0) is 7.40. The van der Waals surface area contributed by atoms with Crippen molar-refractivity contribution in [2.75, 3.05) is 6.54 Å². The monoisotopic (exact) mass is 139 g/mol. The molecular weight excluding hydrogens is 126 g/mol. The van der Waals surface area contributed by atoms with E-state index in [4.69, 9.17) is 10.2 Å². The van der Waals surface area contributed by atoms with Crippen molar-refractivity contribution in [3.63, 3.8) is 0 Å². The Morgan fingerprint density at radius 2 is 2.40 bits per heavy atom. The third kappa shape index (κ3) is 1.61. The summed E-state index contributed by atoms with van der Waals surface area (Å²) in [5, 5.41) is 0. The lowest BCUT2D eigenvalue weighted by Crippen LogP contribution is -2.00. The highest BCUT2D eigenvalue weighted by Gasteiger charge is 1.98. The van der Waals surface area contributed by atoms with E-state index in [-0.39, 0.29) is 0 Å². The van der Waals surface area contributed by atoms with Gasteiger partial charge in [-0.25, -0.2) is 0 Å². The SMILES string of the molecule is Cc1ccoc1CCCN. The van der Waals surface area contributed by atoms with Crippen molar-refractivity contribution in [3.05, 3.63) is 23.7 Å². The number of rotatable bonds is 3. The number of nitrogens with two attached hydrogens (primary N) is 1. The molecule has 2 heteroatoms. The van der Waals surface area contributed by atoms with Gasteiger partial charge < -0.3 is 10.2 Å². The van der Waals surface area contributed by atoms with E-state index in [9.17, 15) is 0 Å². The molecule has 0 aliphatic heterocycles. The molecule has 0 spiro atoms. The van der Waals surface area contributed by atoms with Gasteiger partial charge >= 0.3 is 0 Å². The smallest absolute Gasteiger partial charge is 0.106 e. The molecule has 0 saturated carbocycles. The molecule has 2 N–H and O–H groups in total. The van der Waals surface area contributed by atoms with E-state index >= 15 is 0 Å². The fourth-order valence-electron chi connectivity index (χ4n) is 0.923. The molecule has 0 aliphatic rings. The summed E-state index contributed by atoms with van der Waals surface area (Å²) < 4.78 is 5.21. The molecule has 1 aromatic heterocycles. The minimum absolute atomic E-state index is 0.736. The molecular formula is C8H13NO. The molecule has 1 rings (SSSR count). The molecule has 0 bridgehead atoms. The fourth-order valence-corrected chi connectivity index (χ4v) is 0.923. The molecule has 0 unspecified atom stereocenters. The average Bonchev–Trinajstić information content (AvgIpc) is 2.31. The van der Waals surface area contributed by atoms with Crippen molar-refractivity contribution in [1.29, 1.82) is 0 Å². The second kappa shape index (κ2) is 3.42. The van der Waals surface area contributed by atoms with Gasteiger partial charge in [-0.2, -0.15) is 0 Å². The molecule has 1 heterocycles. The van der Waals surface area contributed by atoms with Crippen molar-refractivity contribution >= 4 is 0 Å². The van der Waals surface area contributed by atoms with Crippen LogP contribution in [0.3, 0.4) is 0 Å². The molecule has 56 valence electrons. The van der Waals surface area contributed by atoms with Gasteiger partial charge in [-0.15, -0.1) is 0 Å². The first-order valence-corrected chi connectivity index (χ1v) is 3.57. The quantitative estimate of drug-likeness (QED) is 0.688. The van der Waals surface area contributed by atoms with E-state index < -0.39 is 0 Å². The second-order valence-electron chi connectivity index (χ2n) is 2.42. The van der Waals surface area contributed by atoms with Gasteiger partial charge in [0.15, 0.2) is 0 Å². The maximum atomic E-state index is 5.35. The Kier molecular flexibility index (Phi) is 2.51. The highest BCUT2D eigenvalue weighted by molar-refractivity contribution is 5.14. The first kappa shape index (κ1) is 7.35. The van der Waals surface area contributed by atoms with Crippen LogP contribution in [0, 0.1) is 6.92 Å². The number of hydrogen-bond donors (Lipinski definition) is 1.